The van der Waals surface area contributed by atoms with Crippen LogP contribution in [0.25, 0.3) is 10.9 Å². The van der Waals surface area contributed by atoms with E-state index < -0.39 is 10.0 Å². The fourth-order valence-electron chi connectivity index (χ4n) is 3.74. The molecule has 2 aromatic carbocycles. The van der Waals surface area contributed by atoms with E-state index in [0.717, 1.165) is 28.5 Å². The molecule has 2 heterocycles. The van der Waals surface area contributed by atoms with Crippen molar-refractivity contribution in [2.24, 2.45) is 0 Å². The third kappa shape index (κ3) is 3.49. The van der Waals surface area contributed by atoms with E-state index in [0.29, 0.717) is 30.0 Å². The zero-order valence-corrected chi connectivity index (χ0v) is 16.8. The van der Waals surface area contributed by atoms with Crippen molar-refractivity contribution >= 4 is 38.2 Å². The highest BCUT2D eigenvalue weighted by Gasteiger charge is 2.26. The van der Waals surface area contributed by atoms with E-state index >= 15 is 0 Å². The summed E-state index contributed by atoms with van der Waals surface area (Å²) in [5.74, 6) is -0.0934. The first-order valence-corrected chi connectivity index (χ1v) is 11.0. The molecule has 1 fully saturated rings. The number of aromatic nitrogens is 1. The third-order valence-corrected chi connectivity index (χ3v) is 6.94. The minimum Gasteiger partial charge on any atom is -0.351 e. The van der Waals surface area contributed by atoms with E-state index in [1.807, 2.05) is 26.0 Å². The lowest BCUT2D eigenvalue weighted by atomic mass is 10.1. The Labute approximate surface area is 164 Å². The molecule has 7 heteroatoms. The predicted octanol–water partition coefficient (Wildman–Crippen LogP) is 3.97. The Morgan fingerprint density at radius 1 is 1.11 bits per heavy atom. The van der Waals surface area contributed by atoms with Gasteiger partial charge in [0.1, 0.15) is 5.69 Å². The number of aromatic amines is 1. The summed E-state index contributed by atoms with van der Waals surface area (Å²) in [6, 6.07) is 12.9. The number of rotatable bonds is 3. The van der Waals surface area contributed by atoms with E-state index in [-0.39, 0.29) is 11.7 Å². The maximum atomic E-state index is 12.7. The molecule has 2 N–H and O–H groups in total. The van der Waals surface area contributed by atoms with Crippen LogP contribution in [-0.4, -0.2) is 31.6 Å². The van der Waals surface area contributed by atoms with Gasteiger partial charge in [-0.2, -0.15) is 0 Å². The molecule has 4 rings (SSSR count). The number of fused-ring (bicyclic) bond motifs is 1. The number of hydrogen-bond acceptors (Lipinski definition) is 3. The average Bonchev–Trinajstić information content (AvgIpc) is 3.06. The summed E-state index contributed by atoms with van der Waals surface area (Å²) in [4.78, 5) is 15.9. The highest BCUT2D eigenvalue weighted by molar-refractivity contribution is 7.92. The lowest BCUT2D eigenvalue weighted by Gasteiger charge is -2.28. The number of benzene rings is 2. The van der Waals surface area contributed by atoms with Crippen LogP contribution in [0.3, 0.4) is 0 Å². The molecule has 0 saturated carbocycles. The summed E-state index contributed by atoms with van der Waals surface area (Å²) in [5, 5.41) is 3.89. The highest BCUT2D eigenvalue weighted by Crippen LogP contribution is 2.27. The van der Waals surface area contributed by atoms with Crippen LogP contribution in [-0.2, 0) is 10.0 Å². The molecule has 0 radical (unpaired) electrons. The molecule has 1 aromatic heterocycles. The Bertz CT molecular complexity index is 1160. The first kappa shape index (κ1) is 18.6. The van der Waals surface area contributed by atoms with E-state index in [1.165, 1.54) is 4.31 Å². The maximum Gasteiger partial charge on any atom is 0.272 e. The topological polar surface area (TPSA) is 82.3 Å². The molecule has 6 nitrogen and oxygen atoms in total. The quantitative estimate of drug-likeness (QED) is 0.702. The second-order valence-electron chi connectivity index (χ2n) is 7.33. The molecule has 3 aromatic rings. The molecule has 146 valence electrons. The van der Waals surface area contributed by atoms with E-state index in [2.05, 4.69) is 16.4 Å². The maximum absolute atomic E-state index is 12.7. The van der Waals surface area contributed by atoms with Gasteiger partial charge in [-0.1, -0.05) is 12.1 Å². The van der Waals surface area contributed by atoms with Gasteiger partial charge in [-0.3, -0.25) is 9.10 Å². The Hall–Kier alpha value is -2.80. The largest absolute Gasteiger partial charge is 0.351 e. The normalized spacial score (nSPS) is 16.3. The van der Waals surface area contributed by atoms with Gasteiger partial charge in [-0.05, 0) is 68.1 Å². The number of carbonyl (C=O) groups is 1. The molecule has 1 aliphatic rings. The Morgan fingerprint density at radius 2 is 1.93 bits per heavy atom. The van der Waals surface area contributed by atoms with Gasteiger partial charge in [0.2, 0.25) is 10.0 Å². The molecule has 28 heavy (non-hydrogen) atoms. The van der Waals surface area contributed by atoms with Crippen LogP contribution in [0.2, 0.25) is 0 Å². The smallest absolute Gasteiger partial charge is 0.272 e. The first-order valence-electron chi connectivity index (χ1n) is 9.35. The van der Waals surface area contributed by atoms with Crippen LogP contribution >= 0.6 is 0 Å². The van der Waals surface area contributed by atoms with Crippen molar-refractivity contribution in [3.05, 3.63) is 59.3 Å². The SMILES string of the molecule is Cc1cc(C)c2cc(C(=O)Nc3cccc(N4CCCCS4(=O)=O)c3)[nH]c2c1. The number of amides is 1. The fraction of sp³-hybridized carbons (Fsp3) is 0.286. The molecule has 0 unspecified atom stereocenters. The number of anilines is 2. The molecule has 1 amide bonds. The molecule has 0 spiro atoms. The minimum absolute atomic E-state index is 0.164. The minimum atomic E-state index is -3.29. The Morgan fingerprint density at radius 3 is 2.71 bits per heavy atom. The van der Waals surface area contributed by atoms with Crippen LogP contribution in [0.5, 0.6) is 0 Å². The second-order valence-corrected chi connectivity index (χ2v) is 9.34. The van der Waals surface area contributed by atoms with Gasteiger partial charge in [-0.25, -0.2) is 8.42 Å². The van der Waals surface area contributed by atoms with E-state index in [4.69, 9.17) is 0 Å². The number of hydrogen-bond donors (Lipinski definition) is 2. The van der Waals surface area contributed by atoms with Crippen LogP contribution < -0.4 is 9.62 Å². The van der Waals surface area contributed by atoms with Gasteiger partial charge < -0.3 is 10.3 Å². The summed E-state index contributed by atoms with van der Waals surface area (Å²) in [5.41, 5.74) is 4.79. The second kappa shape index (κ2) is 6.98. The summed E-state index contributed by atoms with van der Waals surface area (Å²) in [7, 11) is -3.29. The lowest BCUT2D eigenvalue weighted by molar-refractivity contribution is 0.102. The molecule has 0 bridgehead atoms. The van der Waals surface area contributed by atoms with Crippen LogP contribution in [0.1, 0.15) is 34.5 Å². The van der Waals surface area contributed by atoms with Crippen LogP contribution in [0.4, 0.5) is 11.4 Å². The van der Waals surface area contributed by atoms with Gasteiger partial charge >= 0.3 is 0 Å². The molecule has 1 aliphatic heterocycles. The lowest BCUT2D eigenvalue weighted by Crippen LogP contribution is -2.37. The Balaban J connectivity index is 1.59. The molecule has 1 saturated heterocycles. The number of sulfonamides is 1. The van der Waals surface area contributed by atoms with Crippen molar-refractivity contribution in [2.75, 3.05) is 21.9 Å². The molecular formula is C21H23N3O3S. The zero-order chi connectivity index (χ0) is 19.9. The summed E-state index contributed by atoms with van der Waals surface area (Å²) >= 11 is 0. The molecule has 0 atom stereocenters. The zero-order valence-electron chi connectivity index (χ0n) is 16.0. The van der Waals surface area contributed by atoms with Crippen molar-refractivity contribution in [2.45, 2.75) is 26.7 Å². The van der Waals surface area contributed by atoms with Crippen LogP contribution in [0.15, 0.2) is 42.5 Å². The van der Waals surface area contributed by atoms with Crippen molar-refractivity contribution in [1.29, 1.82) is 0 Å². The van der Waals surface area contributed by atoms with Gasteiger partial charge in [0.15, 0.2) is 0 Å². The highest BCUT2D eigenvalue weighted by atomic mass is 32.2. The van der Waals surface area contributed by atoms with Crippen LogP contribution in [0, 0.1) is 13.8 Å². The summed E-state index contributed by atoms with van der Waals surface area (Å²) in [6.07, 6.45) is 1.53. The third-order valence-electron chi connectivity index (χ3n) is 5.08. The van der Waals surface area contributed by atoms with Gasteiger partial charge in [0.25, 0.3) is 5.91 Å². The van der Waals surface area contributed by atoms with Crippen molar-refractivity contribution in [1.82, 2.24) is 4.98 Å². The average molecular weight is 398 g/mol. The van der Waals surface area contributed by atoms with E-state index in [1.54, 1.807) is 24.3 Å². The monoisotopic (exact) mass is 397 g/mol. The number of nitrogens with zero attached hydrogens (tertiary/aromatic N) is 1. The number of aryl methyl sites for hydroxylation is 2. The molecular weight excluding hydrogens is 374 g/mol. The number of carbonyl (C=O) groups excluding carboxylic acids is 1. The number of nitrogens with one attached hydrogen (secondary N) is 2. The predicted molar refractivity (Wildman–Crippen MR) is 113 cm³/mol. The molecule has 0 aliphatic carbocycles. The first-order chi connectivity index (χ1) is 13.3. The van der Waals surface area contributed by atoms with Gasteiger partial charge in [0.05, 0.1) is 11.4 Å². The number of H-pyrrole nitrogens is 1. The summed E-state index contributed by atoms with van der Waals surface area (Å²) < 4.78 is 26.1. The van der Waals surface area contributed by atoms with Gasteiger partial charge in [-0.15, -0.1) is 0 Å². The standard InChI is InChI=1S/C21H23N3O3S/c1-14-10-15(2)18-13-20(23-19(18)11-14)21(25)22-16-6-5-7-17(12-16)24-8-3-4-9-28(24,26)27/h5-7,10-13,23H,3-4,8-9H2,1-2H3,(H,22,25). The Kier molecular flexibility index (Phi) is 4.63. The van der Waals surface area contributed by atoms with Gasteiger partial charge in [0, 0.05) is 23.1 Å². The van der Waals surface area contributed by atoms with Crippen molar-refractivity contribution < 1.29 is 13.2 Å². The van der Waals surface area contributed by atoms with Crippen molar-refractivity contribution in [3.63, 3.8) is 0 Å². The van der Waals surface area contributed by atoms with Crippen molar-refractivity contribution in [3.8, 4) is 0 Å². The summed E-state index contributed by atoms with van der Waals surface area (Å²) in [6.45, 7) is 4.51. The fourth-order valence-corrected chi connectivity index (χ4v) is 5.37. The van der Waals surface area contributed by atoms with E-state index in [9.17, 15) is 13.2 Å².